The van der Waals surface area contributed by atoms with Crippen molar-refractivity contribution in [1.29, 1.82) is 0 Å². The Morgan fingerprint density at radius 1 is 0.929 bits per heavy atom. The molecular weight excluding hydrogens is 358 g/mol. The minimum atomic E-state index is -0.980. The van der Waals surface area contributed by atoms with Gasteiger partial charge in [0.05, 0.1) is 23.1 Å². The van der Waals surface area contributed by atoms with Gasteiger partial charge >= 0.3 is 11.9 Å². The van der Waals surface area contributed by atoms with Crippen molar-refractivity contribution >= 4 is 23.1 Å². The number of nitrogens with zero attached hydrogens (tertiary/aromatic N) is 3. The number of benzene rings is 1. The van der Waals surface area contributed by atoms with Crippen molar-refractivity contribution in [3.05, 3.63) is 48.3 Å². The molecule has 0 aliphatic carbocycles. The fraction of sp³-hybridized carbons (Fsp3) is 0.333. The minimum absolute atomic E-state index is 0.219. The van der Waals surface area contributed by atoms with Crippen LogP contribution in [0.4, 0.5) is 0 Å². The van der Waals surface area contributed by atoms with E-state index in [4.69, 9.17) is 5.11 Å². The fourth-order valence-electron chi connectivity index (χ4n) is 3.26. The van der Waals surface area contributed by atoms with Crippen molar-refractivity contribution in [2.24, 2.45) is 0 Å². The number of aliphatic carboxylic acids is 1. The predicted octanol–water partition coefficient (Wildman–Crippen LogP) is 4.22. The first-order valence-corrected chi connectivity index (χ1v) is 9.42. The van der Waals surface area contributed by atoms with E-state index >= 15 is 0 Å². The molecule has 0 bridgehead atoms. The predicted molar refractivity (Wildman–Crippen MR) is 105 cm³/mol. The summed E-state index contributed by atoms with van der Waals surface area (Å²) >= 11 is 0. The van der Waals surface area contributed by atoms with Crippen LogP contribution in [0.25, 0.3) is 22.4 Å². The Kier molecular flexibility index (Phi) is 6.37. The van der Waals surface area contributed by atoms with Crippen molar-refractivity contribution in [3.8, 4) is 11.3 Å². The number of hydrogen-bond acceptors (Lipinski definition) is 4. The summed E-state index contributed by atoms with van der Waals surface area (Å²) < 4.78 is 2.05. The summed E-state index contributed by atoms with van der Waals surface area (Å²) in [6.07, 6.45) is 6.71. The summed E-state index contributed by atoms with van der Waals surface area (Å²) in [6.45, 7) is 0.822. The zero-order valence-corrected chi connectivity index (χ0v) is 15.5. The third-order valence-corrected chi connectivity index (χ3v) is 4.71. The quantitative estimate of drug-likeness (QED) is 0.509. The molecule has 0 amide bonds. The maximum atomic E-state index is 11.4. The molecule has 0 aliphatic heterocycles. The summed E-state index contributed by atoms with van der Waals surface area (Å²) in [5.41, 5.74) is 2.90. The van der Waals surface area contributed by atoms with E-state index in [1.54, 1.807) is 30.6 Å². The number of carboxylic acids is 2. The monoisotopic (exact) mass is 381 g/mol. The zero-order valence-electron chi connectivity index (χ0n) is 15.5. The van der Waals surface area contributed by atoms with E-state index < -0.39 is 11.9 Å². The summed E-state index contributed by atoms with van der Waals surface area (Å²) in [6, 6.07) is 10.6. The van der Waals surface area contributed by atoms with Crippen LogP contribution in [0.3, 0.4) is 0 Å². The van der Waals surface area contributed by atoms with Crippen molar-refractivity contribution in [3.63, 3.8) is 0 Å². The van der Waals surface area contributed by atoms with Gasteiger partial charge < -0.3 is 14.8 Å². The van der Waals surface area contributed by atoms with Gasteiger partial charge in [0.15, 0.2) is 5.65 Å². The number of rotatable bonds is 10. The maximum absolute atomic E-state index is 11.4. The highest BCUT2D eigenvalue weighted by Crippen LogP contribution is 2.24. The molecule has 0 fully saturated rings. The van der Waals surface area contributed by atoms with Gasteiger partial charge in [-0.2, -0.15) is 0 Å². The molecule has 7 heteroatoms. The Morgan fingerprint density at radius 3 is 2.46 bits per heavy atom. The van der Waals surface area contributed by atoms with E-state index in [2.05, 4.69) is 9.97 Å². The maximum Gasteiger partial charge on any atom is 0.336 e. The van der Waals surface area contributed by atoms with Gasteiger partial charge in [-0.25, -0.2) is 14.8 Å². The molecule has 3 rings (SSSR count). The number of carboxylic acid groups (broad SMARTS) is 2. The lowest BCUT2D eigenvalue weighted by Crippen LogP contribution is -2.00. The number of aromatic nitrogens is 3. The molecule has 7 nitrogen and oxygen atoms in total. The molecule has 1 aromatic carbocycles. The summed E-state index contributed by atoms with van der Waals surface area (Å²) in [5, 5.41) is 18.0. The van der Waals surface area contributed by atoms with E-state index in [0.717, 1.165) is 44.2 Å². The van der Waals surface area contributed by atoms with Crippen molar-refractivity contribution in [2.45, 2.75) is 45.1 Å². The first-order valence-electron chi connectivity index (χ1n) is 9.42. The van der Waals surface area contributed by atoms with Crippen LogP contribution in [0.5, 0.6) is 0 Å². The minimum Gasteiger partial charge on any atom is -0.481 e. The Bertz CT molecular complexity index is 981. The molecule has 3 aromatic rings. The lowest BCUT2D eigenvalue weighted by molar-refractivity contribution is -0.137. The Labute approximate surface area is 162 Å². The first-order chi connectivity index (χ1) is 13.6. The first kappa shape index (κ1) is 19.5. The van der Waals surface area contributed by atoms with Crippen LogP contribution < -0.4 is 0 Å². The van der Waals surface area contributed by atoms with Gasteiger partial charge in [0.1, 0.15) is 0 Å². The third-order valence-electron chi connectivity index (χ3n) is 4.71. The average molecular weight is 381 g/mol. The number of fused-ring (bicyclic) bond motifs is 1. The molecule has 146 valence electrons. The zero-order chi connectivity index (χ0) is 19.9. The number of hydrogen-bond donors (Lipinski definition) is 2. The lowest BCUT2D eigenvalue weighted by Gasteiger charge is -2.07. The highest BCUT2D eigenvalue weighted by molar-refractivity contribution is 5.95. The largest absolute Gasteiger partial charge is 0.481 e. The van der Waals surface area contributed by atoms with E-state index in [0.29, 0.717) is 16.9 Å². The van der Waals surface area contributed by atoms with Crippen LogP contribution in [0.1, 0.15) is 48.9 Å². The number of carbonyl (C=O) groups is 2. The van der Waals surface area contributed by atoms with Crippen LogP contribution >= 0.6 is 0 Å². The van der Waals surface area contributed by atoms with Crippen molar-refractivity contribution in [1.82, 2.24) is 14.5 Å². The second-order valence-electron chi connectivity index (χ2n) is 6.74. The Balaban J connectivity index is 1.63. The van der Waals surface area contributed by atoms with Crippen LogP contribution in [0, 0.1) is 0 Å². The molecule has 0 spiro atoms. The normalized spacial score (nSPS) is 11.0. The molecule has 28 heavy (non-hydrogen) atoms. The Morgan fingerprint density at radius 2 is 1.68 bits per heavy atom. The SMILES string of the molecule is O=C(O)CCCCCCCn1cnc2nc(-c3ccccc3C(=O)O)ccc21. The molecule has 0 saturated heterocycles. The summed E-state index contributed by atoms with van der Waals surface area (Å²) in [4.78, 5) is 30.8. The number of aryl methyl sites for hydroxylation is 1. The molecule has 0 aliphatic rings. The second-order valence-corrected chi connectivity index (χ2v) is 6.74. The van der Waals surface area contributed by atoms with Crippen LogP contribution in [0.15, 0.2) is 42.7 Å². The van der Waals surface area contributed by atoms with E-state index in [1.165, 1.54) is 0 Å². The number of unbranched alkanes of at least 4 members (excludes halogenated alkanes) is 4. The molecule has 2 N–H and O–H groups in total. The molecule has 2 heterocycles. The van der Waals surface area contributed by atoms with Gasteiger partial charge in [0.25, 0.3) is 0 Å². The molecule has 0 atom stereocenters. The van der Waals surface area contributed by atoms with Gasteiger partial charge in [-0.3, -0.25) is 4.79 Å². The summed E-state index contributed by atoms with van der Waals surface area (Å²) in [5.74, 6) is -1.71. The van der Waals surface area contributed by atoms with E-state index in [9.17, 15) is 14.7 Å². The highest BCUT2D eigenvalue weighted by Gasteiger charge is 2.13. The fourth-order valence-corrected chi connectivity index (χ4v) is 3.26. The van der Waals surface area contributed by atoms with Gasteiger partial charge in [-0.05, 0) is 31.0 Å². The van der Waals surface area contributed by atoms with E-state index in [1.807, 2.05) is 16.7 Å². The Hall–Kier alpha value is -3.22. The number of pyridine rings is 1. The third kappa shape index (κ3) is 4.73. The second kappa shape index (κ2) is 9.12. The number of imidazole rings is 1. The molecule has 0 unspecified atom stereocenters. The van der Waals surface area contributed by atoms with Gasteiger partial charge in [0.2, 0.25) is 0 Å². The average Bonchev–Trinajstić information content (AvgIpc) is 3.09. The standard InChI is InChI=1S/C21H23N3O4/c25-19(26)10-4-2-1-3-7-13-24-14-22-20-18(24)12-11-17(23-20)15-8-5-6-9-16(15)21(27)28/h5-6,8-9,11-12,14H,1-4,7,10,13H2,(H,25,26)(H,27,28). The molecular formula is C21H23N3O4. The highest BCUT2D eigenvalue weighted by atomic mass is 16.4. The summed E-state index contributed by atoms with van der Waals surface area (Å²) in [7, 11) is 0. The van der Waals surface area contributed by atoms with Crippen LogP contribution in [-0.2, 0) is 11.3 Å². The van der Waals surface area contributed by atoms with Crippen molar-refractivity contribution in [2.75, 3.05) is 0 Å². The number of aromatic carboxylic acids is 1. The molecule has 0 saturated carbocycles. The van der Waals surface area contributed by atoms with Crippen molar-refractivity contribution < 1.29 is 19.8 Å². The lowest BCUT2D eigenvalue weighted by atomic mass is 10.0. The van der Waals surface area contributed by atoms with Gasteiger partial charge in [-0.15, -0.1) is 0 Å². The van der Waals surface area contributed by atoms with Crippen LogP contribution in [0.2, 0.25) is 0 Å². The topological polar surface area (TPSA) is 105 Å². The molecule has 0 radical (unpaired) electrons. The van der Waals surface area contributed by atoms with Crippen LogP contribution in [-0.4, -0.2) is 36.7 Å². The van der Waals surface area contributed by atoms with Gasteiger partial charge in [-0.1, -0.05) is 37.5 Å². The smallest absolute Gasteiger partial charge is 0.336 e. The molecule has 2 aromatic heterocycles. The van der Waals surface area contributed by atoms with Gasteiger partial charge in [0, 0.05) is 18.5 Å². The van der Waals surface area contributed by atoms with E-state index in [-0.39, 0.29) is 12.0 Å².